The molecule has 0 aromatic carbocycles. The summed E-state index contributed by atoms with van der Waals surface area (Å²) in [5.41, 5.74) is 5.70. The van der Waals surface area contributed by atoms with Crippen molar-refractivity contribution in [2.24, 2.45) is 0 Å². The Kier molecular flexibility index (Phi) is 4.57. The number of aromatic nitrogens is 4. The number of rotatable bonds is 4. The van der Waals surface area contributed by atoms with Crippen LogP contribution in [0.1, 0.15) is 59.7 Å². The van der Waals surface area contributed by atoms with Crippen molar-refractivity contribution in [2.75, 3.05) is 0 Å². The molecule has 3 aromatic heterocycles. The van der Waals surface area contributed by atoms with E-state index in [4.69, 9.17) is 4.98 Å². The van der Waals surface area contributed by atoms with Gasteiger partial charge in [0.05, 0.1) is 23.8 Å². The van der Waals surface area contributed by atoms with Crippen LogP contribution in [0.25, 0.3) is 0 Å². The molecule has 0 unspecified atom stereocenters. The molecule has 25 heavy (non-hydrogen) atoms. The first-order valence-electron chi connectivity index (χ1n) is 8.90. The number of H-pyrrole nitrogens is 1. The Bertz CT molecular complexity index is 828. The molecule has 0 radical (unpaired) electrons. The monoisotopic (exact) mass is 333 g/mol. The zero-order valence-electron chi connectivity index (χ0n) is 14.4. The van der Waals surface area contributed by atoms with Crippen LogP contribution >= 0.6 is 0 Å². The molecule has 5 heteroatoms. The Morgan fingerprint density at radius 2 is 2.04 bits per heavy atom. The maximum Gasteiger partial charge on any atom is 0.0921 e. The molecule has 1 aliphatic heterocycles. The second-order valence-corrected chi connectivity index (χ2v) is 6.72. The minimum absolute atomic E-state index is 0.280. The molecule has 4 rings (SSSR count). The maximum absolute atomic E-state index is 4.89. The number of nitrogens with zero attached hydrogens (tertiary/aromatic N) is 3. The van der Waals surface area contributed by atoms with Gasteiger partial charge in [0.2, 0.25) is 0 Å². The summed E-state index contributed by atoms with van der Waals surface area (Å²) < 4.78 is 0. The fourth-order valence-corrected chi connectivity index (χ4v) is 3.61. The van der Waals surface area contributed by atoms with Gasteiger partial charge in [0.1, 0.15) is 0 Å². The molecule has 0 amide bonds. The second-order valence-electron chi connectivity index (χ2n) is 6.72. The molecule has 1 fully saturated rings. The third-order valence-corrected chi connectivity index (χ3v) is 4.88. The highest BCUT2D eigenvalue weighted by Gasteiger charge is 2.26. The SMILES string of the molecule is Cc1cccnc1[C@@H]1CCC[C@H](c2cccc(Cc3cnc[nH]3)n2)N1. The first kappa shape index (κ1) is 16.0. The predicted octanol–water partition coefficient (Wildman–Crippen LogP) is 3.65. The van der Waals surface area contributed by atoms with Gasteiger partial charge in [-0.2, -0.15) is 0 Å². The highest BCUT2D eigenvalue weighted by molar-refractivity contribution is 5.23. The lowest BCUT2D eigenvalue weighted by Crippen LogP contribution is -2.32. The number of aryl methyl sites for hydroxylation is 1. The number of hydrogen-bond acceptors (Lipinski definition) is 4. The lowest BCUT2D eigenvalue weighted by molar-refractivity contribution is 0.320. The fraction of sp³-hybridized carbons (Fsp3) is 0.350. The maximum atomic E-state index is 4.89. The third kappa shape index (κ3) is 3.61. The number of imidazole rings is 1. The van der Waals surface area contributed by atoms with Crippen LogP contribution in [0.4, 0.5) is 0 Å². The van der Waals surface area contributed by atoms with Crippen LogP contribution in [0, 0.1) is 6.92 Å². The smallest absolute Gasteiger partial charge is 0.0921 e. The van der Waals surface area contributed by atoms with Gasteiger partial charge in [-0.3, -0.25) is 9.97 Å². The van der Waals surface area contributed by atoms with Gasteiger partial charge in [0.15, 0.2) is 0 Å². The highest BCUT2D eigenvalue weighted by Crippen LogP contribution is 2.32. The van der Waals surface area contributed by atoms with Crippen molar-refractivity contribution in [2.45, 2.75) is 44.7 Å². The molecule has 4 heterocycles. The summed E-state index contributed by atoms with van der Waals surface area (Å²) in [7, 11) is 0. The molecular formula is C20H23N5. The lowest BCUT2D eigenvalue weighted by Gasteiger charge is -2.31. The molecule has 5 nitrogen and oxygen atoms in total. The Balaban J connectivity index is 1.52. The van der Waals surface area contributed by atoms with Crippen LogP contribution in [-0.2, 0) is 6.42 Å². The Labute approximate surface area is 148 Å². The van der Waals surface area contributed by atoms with E-state index in [-0.39, 0.29) is 6.04 Å². The Morgan fingerprint density at radius 1 is 1.12 bits per heavy atom. The third-order valence-electron chi connectivity index (χ3n) is 4.88. The van der Waals surface area contributed by atoms with Gasteiger partial charge in [-0.05, 0) is 49.9 Å². The van der Waals surface area contributed by atoms with E-state index in [1.165, 1.54) is 17.7 Å². The van der Waals surface area contributed by atoms with Gasteiger partial charge in [-0.1, -0.05) is 12.1 Å². The predicted molar refractivity (Wildman–Crippen MR) is 97.1 cm³/mol. The second kappa shape index (κ2) is 7.15. The topological polar surface area (TPSA) is 66.5 Å². The summed E-state index contributed by atoms with van der Waals surface area (Å²) in [5, 5.41) is 3.77. The molecule has 3 aromatic rings. The van der Waals surface area contributed by atoms with Crippen molar-refractivity contribution in [3.63, 3.8) is 0 Å². The lowest BCUT2D eigenvalue weighted by atomic mass is 9.92. The van der Waals surface area contributed by atoms with Gasteiger partial charge < -0.3 is 10.3 Å². The first-order chi connectivity index (χ1) is 12.3. The molecular weight excluding hydrogens is 310 g/mol. The average Bonchev–Trinajstić information content (AvgIpc) is 3.15. The largest absolute Gasteiger partial charge is 0.348 e. The molecule has 128 valence electrons. The van der Waals surface area contributed by atoms with E-state index in [0.717, 1.165) is 36.3 Å². The Hall–Kier alpha value is -2.53. The van der Waals surface area contributed by atoms with Crippen LogP contribution in [0.3, 0.4) is 0 Å². The summed E-state index contributed by atoms with van der Waals surface area (Å²) >= 11 is 0. The average molecular weight is 333 g/mol. The van der Waals surface area contributed by atoms with Crippen molar-refractivity contribution in [1.82, 2.24) is 25.3 Å². The van der Waals surface area contributed by atoms with Crippen molar-refractivity contribution in [3.8, 4) is 0 Å². The number of nitrogens with one attached hydrogen (secondary N) is 2. The van der Waals surface area contributed by atoms with Crippen LogP contribution < -0.4 is 5.32 Å². The van der Waals surface area contributed by atoms with E-state index in [1.54, 1.807) is 6.33 Å². The molecule has 0 spiro atoms. The molecule has 2 N–H and O–H groups in total. The summed E-state index contributed by atoms with van der Waals surface area (Å²) in [5.74, 6) is 0. The first-order valence-corrected chi connectivity index (χ1v) is 8.90. The minimum atomic E-state index is 0.280. The number of aromatic amines is 1. The van der Waals surface area contributed by atoms with Crippen LogP contribution in [0.15, 0.2) is 49.1 Å². The fourth-order valence-electron chi connectivity index (χ4n) is 3.61. The minimum Gasteiger partial charge on any atom is -0.348 e. The van der Waals surface area contributed by atoms with E-state index in [0.29, 0.717) is 6.04 Å². The van der Waals surface area contributed by atoms with E-state index in [9.17, 15) is 0 Å². The van der Waals surface area contributed by atoms with Crippen molar-refractivity contribution < 1.29 is 0 Å². The van der Waals surface area contributed by atoms with Gasteiger partial charge in [0, 0.05) is 36.2 Å². The molecule has 0 bridgehead atoms. The van der Waals surface area contributed by atoms with Gasteiger partial charge in [-0.25, -0.2) is 4.98 Å². The van der Waals surface area contributed by atoms with E-state index in [1.807, 2.05) is 18.5 Å². The zero-order valence-corrected chi connectivity index (χ0v) is 14.4. The molecule has 0 saturated carbocycles. The Morgan fingerprint density at radius 3 is 2.88 bits per heavy atom. The van der Waals surface area contributed by atoms with Crippen LogP contribution in [-0.4, -0.2) is 19.9 Å². The van der Waals surface area contributed by atoms with Crippen molar-refractivity contribution in [1.29, 1.82) is 0 Å². The van der Waals surface area contributed by atoms with Crippen LogP contribution in [0.2, 0.25) is 0 Å². The molecule has 1 saturated heterocycles. The quantitative estimate of drug-likeness (QED) is 0.765. The van der Waals surface area contributed by atoms with Crippen LogP contribution in [0.5, 0.6) is 0 Å². The molecule has 1 aliphatic rings. The van der Waals surface area contributed by atoms with Gasteiger partial charge in [0.25, 0.3) is 0 Å². The highest BCUT2D eigenvalue weighted by atomic mass is 15.0. The number of pyridine rings is 2. The summed E-state index contributed by atoms with van der Waals surface area (Å²) in [6, 6.07) is 11.0. The normalized spacial score (nSPS) is 20.5. The molecule has 0 aliphatic carbocycles. The number of piperidine rings is 1. The van der Waals surface area contributed by atoms with Gasteiger partial charge in [-0.15, -0.1) is 0 Å². The number of hydrogen-bond donors (Lipinski definition) is 2. The van der Waals surface area contributed by atoms with E-state index < -0.39 is 0 Å². The zero-order chi connectivity index (χ0) is 17.1. The summed E-state index contributed by atoms with van der Waals surface area (Å²) in [6.45, 7) is 2.14. The summed E-state index contributed by atoms with van der Waals surface area (Å²) in [6.07, 6.45) is 9.66. The van der Waals surface area contributed by atoms with Crippen molar-refractivity contribution >= 4 is 0 Å². The molecule has 2 atom stereocenters. The van der Waals surface area contributed by atoms with E-state index in [2.05, 4.69) is 51.5 Å². The standard InChI is InChI=1S/C20H23N5/c1-14-5-4-10-22-20(14)19-9-3-8-18(25-19)17-7-2-6-15(24-17)11-16-12-21-13-23-16/h2,4-7,10,12-13,18-19,25H,3,8-9,11H2,1H3,(H,21,23)/t18-,19+/m1/s1. The summed E-state index contributed by atoms with van der Waals surface area (Å²) in [4.78, 5) is 16.7. The van der Waals surface area contributed by atoms with E-state index >= 15 is 0 Å². The van der Waals surface area contributed by atoms with Gasteiger partial charge >= 0.3 is 0 Å². The van der Waals surface area contributed by atoms with Crippen molar-refractivity contribution in [3.05, 3.63) is 77.4 Å².